The molecule has 6 nitrogen and oxygen atoms in total. The van der Waals surface area contributed by atoms with Crippen molar-refractivity contribution < 1.29 is 22.7 Å². The van der Waals surface area contributed by atoms with Gasteiger partial charge in [0.15, 0.2) is 0 Å². The molecule has 2 heterocycles. The number of hydrogen-bond acceptors (Lipinski definition) is 4. The monoisotopic (exact) mass is 370 g/mol. The Balaban J connectivity index is 1.68. The molecule has 1 N–H and O–H groups in total. The van der Waals surface area contributed by atoms with Gasteiger partial charge >= 0.3 is 12.1 Å². The maximum Gasteiger partial charge on any atom is 0.471 e. The predicted molar refractivity (Wildman–Crippen MR) is 89.8 cm³/mol. The van der Waals surface area contributed by atoms with Gasteiger partial charge in [-0.05, 0) is 12.1 Å². The van der Waals surface area contributed by atoms with Gasteiger partial charge in [-0.15, -0.1) is 0 Å². The third-order valence-corrected chi connectivity index (χ3v) is 4.37. The van der Waals surface area contributed by atoms with Gasteiger partial charge in [0.2, 0.25) is 0 Å². The third kappa shape index (κ3) is 4.53. The summed E-state index contributed by atoms with van der Waals surface area (Å²) in [4.78, 5) is 17.8. The number of halogens is 3. The molecule has 1 aliphatic rings. The molecule has 9 heteroatoms. The summed E-state index contributed by atoms with van der Waals surface area (Å²) in [7, 11) is 0. The first-order valence-corrected chi connectivity index (χ1v) is 8.54. The van der Waals surface area contributed by atoms with Crippen LogP contribution in [0.15, 0.2) is 24.3 Å². The van der Waals surface area contributed by atoms with Gasteiger partial charge in [-0.2, -0.15) is 13.2 Å². The number of amides is 1. The van der Waals surface area contributed by atoms with Crippen molar-refractivity contribution in [2.45, 2.75) is 19.1 Å². The Morgan fingerprint density at radius 3 is 2.65 bits per heavy atom. The van der Waals surface area contributed by atoms with Gasteiger partial charge in [0.25, 0.3) is 0 Å². The van der Waals surface area contributed by atoms with E-state index in [1.165, 1.54) is 0 Å². The number of nitrogens with one attached hydrogen (secondary N) is 1. The van der Waals surface area contributed by atoms with Crippen molar-refractivity contribution >= 4 is 16.9 Å². The van der Waals surface area contributed by atoms with Crippen molar-refractivity contribution in [3.63, 3.8) is 0 Å². The molecule has 3 rings (SSSR count). The summed E-state index contributed by atoms with van der Waals surface area (Å²) in [5.74, 6) is -1.25. The van der Waals surface area contributed by atoms with Crippen LogP contribution in [0.4, 0.5) is 13.2 Å². The maximum absolute atomic E-state index is 12.3. The second kappa shape index (κ2) is 8.05. The summed E-state index contributed by atoms with van der Waals surface area (Å²) < 4.78 is 44.3. The van der Waals surface area contributed by atoms with Gasteiger partial charge in [0.05, 0.1) is 24.2 Å². The second-order valence-electron chi connectivity index (χ2n) is 6.13. The van der Waals surface area contributed by atoms with Gasteiger partial charge < -0.3 is 14.6 Å². The highest BCUT2D eigenvalue weighted by molar-refractivity contribution is 5.81. The van der Waals surface area contributed by atoms with Crippen LogP contribution in [0.1, 0.15) is 5.82 Å². The van der Waals surface area contributed by atoms with E-state index in [1.807, 2.05) is 34.1 Å². The van der Waals surface area contributed by atoms with Crippen molar-refractivity contribution in [1.82, 2.24) is 19.8 Å². The molecule has 1 amide bonds. The highest BCUT2D eigenvalue weighted by atomic mass is 19.4. The molecule has 0 radical (unpaired) electrons. The lowest BCUT2D eigenvalue weighted by molar-refractivity contribution is -0.173. The van der Waals surface area contributed by atoms with Gasteiger partial charge in [-0.25, -0.2) is 4.98 Å². The number of carbonyl (C=O) groups excluding carboxylic acids is 1. The number of nitrogens with zero attached hydrogens (tertiary/aromatic N) is 3. The lowest BCUT2D eigenvalue weighted by atomic mass is 10.3. The minimum atomic E-state index is -4.86. The molecule has 0 aliphatic carbocycles. The quantitative estimate of drug-likeness (QED) is 0.839. The van der Waals surface area contributed by atoms with Crippen LogP contribution < -0.4 is 5.32 Å². The second-order valence-corrected chi connectivity index (χ2v) is 6.13. The molecular weight excluding hydrogens is 349 g/mol. The molecule has 0 atom stereocenters. The number of morpholine rings is 1. The number of para-hydroxylation sites is 2. The lowest BCUT2D eigenvalue weighted by Gasteiger charge is -2.27. The Hall–Kier alpha value is -2.13. The van der Waals surface area contributed by atoms with E-state index in [0.29, 0.717) is 25.6 Å². The first-order valence-electron chi connectivity index (χ1n) is 8.54. The van der Waals surface area contributed by atoms with E-state index in [9.17, 15) is 18.0 Å². The Morgan fingerprint density at radius 2 is 1.92 bits per heavy atom. The summed E-state index contributed by atoms with van der Waals surface area (Å²) in [5.41, 5.74) is 1.74. The number of aromatic nitrogens is 2. The maximum atomic E-state index is 12.3. The van der Waals surface area contributed by atoms with Crippen LogP contribution in [-0.4, -0.2) is 65.9 Å². The molecule has 2 aromatic rings. The van der Waals surface area contributed by atoms with Gasteiger partial charge in [0, 0.05) is 39.1 Å². The Bertz CT molecular complexity index is 754. The Kier molecular flexibility index (Phi) is 5.77. The molecule has 1 aliphatic heterocycles. The van der Waals surface area contributed by atoms with E-state index in [2.05, 4.69) is 9.88 Å². The molecule has 0 bridgehead atoms. The van der Waals surface area contributed by atoms with E-state index in [-0.39, 0.29) is 13.0 Å². The first-order chi connectivity index (χ1) is 12.4. The van der Waals surface area contributed by atoms with Gasteiger partial charge in [0.1, 0.15) is 5.82 Å². The zero-order valence-corrected chi connectivity index (χ0v) is 14.3. The molecular formula is C17H21F3N4O2. The first kappa shape index (κ1) is 18.7. The standard InChI is InChI=1S/C17H21F3N4O2/c18-17(19,20)16(25)21-6-5-15-22-13-3-1-2-4-14(13)24(15)8-7-23-9-11-26-12-10-23/h1-4H,5-12H2,(H,21,25). The highest BCUT2D eigenvalue weighted by Crippen LogP contribution is 2.17. The largest absolute Gasteiger partial charge is 0.471 e. The molecule has 0 unspecified atom stereocenters. The van der Waals surface area contributed by atoms with Crippen LogP contribution in [0.2, 0.25) is 0 Å². The Labute approximate surface area is 148 Å². The zero-order chi connectivity index (χ0) is 18.6. The average molecular weight is 370 g/mol. The van der Waals surface area contributed by atoms with E-state index < -0.39 is 12.1 Å². The fraction of sp³-hybridized carbons (Fsp3) is 0.529. The van der Waals surface area contributed by atoms with Gasteiger partial charge in [-0.3, -0.25) is 9.69 Å². The lowest BCUT2D eigenvalue weighted by Crippen LogP contribution is -2.39. The molecule has 1 saturated heterocycles. The molecule has 1 fully saturated rings. The third-order valence-electron chi connectivity index (χ3n) is 4.37. The van der Waals surface area contributed by atoms with E-state index in [1.54, 1.807) is 0 Å². The van der Waals surface area contributed by atoms with Crippen LogP contribution in [0.5, 0.6) is 0 Å². The zero-order valence-electron chi connectivity index (χ0n) is 14.3. The summed E-state index contributed by atoms with van der Waals surface area (Å²) in [6, 6.07) is 7.60. The normalized spacial score (nSPS) is 16.1. The average Bonchev–Trinajstić information content (AvgIpc) is 2.97. The van der Waals surface area contributed by atoms with Crippen LogP contribution in [0.25, 0.3) is 11.0 Å². The number of hydrogen-bond donors (Lipinski definition) is 1. The smallest absolute Gasteiger partial charge is 0.379 e. The van der Waals surface area contributed by atoms with Crippen LogP contribution >= 0.6 is 0 Å². The van der Waals surface area contributed by atoms with E-state index >= 15 is 0 Å². The molecule has 0 spiro atoms. The molecule has 0 saturated carbocycles. The summed E-state index contributed by atoms with van der Waals surface area (Å²) >= 11 is 0. The topological polar surface area (TPSA) is 59.4 Å². The van der Waals surface area contributed by atoms with Crippen LogP contribution in [-0.2, 0) is 22.5 Å². The number of rotatable bonds is 6. The van der Waals surface area contributed by atoms with E-state index in [0.717, 1.165) is 30.7 Å². The molecule has 26 heavy (non-hydrogen) atoms. The predicted octanol–water partition coefficient (Wildman–Crippen LogP) is 1.59. The van der Waals surface area contributed by atoms with Gasteiger partial charge in [-0.1, -0.05) is 12.1 Å². The fourth-order valence-electron chi connectivity index (χ4n) is 3.02. The summed E-state index contributed by atoms with van der Waals surface area (Å²) in [5, 5.41) is 1.90. The number of carbonyl (C=O) groups is 1. The molecule has 1 aromatic carbocycles. The highest BCUT2D eigenvalue weighted by Gasteiger charge is 2.38. The van der Waals surface area contributed by atoms with Crippen LogP contribution in [0.3, 0.4) is 0 Å². The number of alkyl halides is 3. The van der Waals surface area contributed by atoms with E-state index in [4.69, 9.17) is 4.74 Å². The van der Waals surface area contributed by atoms with Crippen molar-refractivity contribution in [2.24, 2.45) is 0 Å². The van der Waals surface area contributed by atoms with Crippen LogP contribution in [0, 0.1) is 0 Å². The SMILES string of the molecule is O=C(NCCc1nc2ccccc2n1CCN1CCOCC1)C(F)(F)F. The molecule has 142 valence electrons. The molecule has 1 aromatic heterocycles. The summed E-state index contributed by atoms with van der Waals surface area (Å²) in [6.07, 6.45) is -4.63. The Morgan fingerprint density at radius 1 is 1.19 bits per heavy atom. The fourth-order valence-corrected chi connectivity index (χ4v) is 3.02. The minimum Gasteiger partial charge on any atom is -0.379 e. The van der Waals surface area contributed by atoms with Crippen molar-refractivity contribution in [3.8, 4) is 0 Å². The minimum absolute atomic E-state index is 0.112. The number of ether oxygens (including phenoxy) is 1. The number of benzene rings is 1. The number of fused-ring (bicyclic) bond motifs is 1. The summed E-state index contributed by atoms with van der Waals surface area (Å²) in [6.45, 7) is 4.53. The van der Waals surface area contributed by atoms with Crippen molar-refractivity contribution in [3.05, 3.63) is 30.1 Å². The van der Waals surface area contributed by atoms with Crippen molar-refractivity contribution in [1.29, 1.82) is 0 Å². The van der Waals surface area contributed by atoms with Crippen molar-refractivity contribution in [2.75, 3.05) is 39.4 Å². The number of imidazole rings is 1.